The number of methoxy groups -OCH3 is 2. The van der Waals surface area contributed by atoms with E-state index in [4.69, 9.17) is 9.47 Å². The van der Waals surface area contributed by atoms with E-state index in [9.17, 15) is 0 Å². The van der Waals surface area contributed by atoms with Crippen LogP contribution in [0.25, 0.3) is 0 Å². The van der Waals surface area contributed by atoms with Gasteiger partial charge in [0.1, 0.15) is 0 Å². The minimum Gasteiger partial charge on any atom is -0.382 e. The van der Waals surface area contributed by atoms with E-state index >= 15 is 0 Å². The average molecular weight is 237 g/mol. The van der Waals surface area contributed by atoms with Crippen molar-refractivity contribution < 1.29 is 9.47 Å². The Labute approximate surface area is 104 Å². The van der Waals surface area contributed by atoms with Crippen molar-refractivity contribution in [2.45, 2.75) is 26.5 Å². The Hall–Kier alpha value is -0.900. The Balaban J connectivity index is 2.42. The van der Waals surface area contributed by atoms with Gasteiger partial charge in [-0.3, -0.25) is 0 Å². The molecule has 1 unspecified atom stereocenters. The Morgan fingerprint density at radius 1 is 1.24 bits per heavy atom. The van der Waals surface area contributed by atoms with Gasteiger partial charge >= 0.3 is 0 Å². The topological polar surface area (TPSA) is 30.5 Å². The van der Waals surface area contributed by atoms with Gasteiger partial charge < -0.3 is 14.8 Å². The molecule has 0 aliphatic rings. The van der Waals surface area contributed by atoms with Crippen molar-refractivity contribution in [1.82, 2.24) is 5.32 Å². The fraction of sp³-hybridized carbons (Fsp3) is 0.571. The maximum absolute atomic E-state index is 5.30. The van der Waals surface area contributed by atoms with E-state index in [1.807, 2.05) is 0 Å². The molecule has 0 aliphatic carbocycles. The lowest BCUT2D eigenvalue weighted by Gasteiger charge is -2.16. The molecule has 0 aliphatic heterocycles. The molecule has 0 saturated heterocycles. The second kappa shape index (κ2) is 7.43. The molecule has 1 atom stereocenters. The molecule has 0 aromatic heterocycles. The fourth-order valence-electron chi connectivity index (χ4n) is 1.77. The first-order valence-corrected chi connectivity index (χ1v) is 5.96. The molecule has 96 valence electrons. The molecule has 1 aromatic rings. The third-order valence-electron chi connectivity index (χ3n) is 3.09. The Morgan fingerprint density at radius 3 is 2.65 bits per heavy atom. The van der Waals surface area contributed by atoms with E-state index in [0.717, 1.165) is 13.1 Å². The van der Waals surface area contributed by atoms with Crippen LogP contribution >= 0.6 is 0 Å². The summed E-state index contributed by atoms with van der Waals surface area (Å²) < 4.78 is 10.4. The molecule has 1 N–H and O–H groups in total. The van der Waals surface area contributed by atoms with Crippen LogP contribution in [0.3, 0.4) is 0 Å². The summed E-state index contributed by atoms with van der Waals surface area (Å²) >= 11 is 0. The minimum atomic E-state index is 0.116. The third-order valence-corrected chi connectivity index (χ3v) is 3.09. The molecule has 3 heteroatoms. The number of nitrogens with one attached hydrogen (secondary N) is 1. The first-order valence-electron chi connectivity index (χ1n) is 5.96. The molecule has 0 bridgehead atoms. The number of hydrogen-bond donors (Lipinski definition) is 1. The van der Waals surface area contributed by atoms with Gasteiger partial charge in [-0.1, -0.05) is 18.2 Å². The van der Waals surface area contributed by atoms with E-state index in [1.165, 1.54) is 16.7 Å². The Kier molecular flexibility index (Phi) is 6.19. The highest BCUT2D eigenvalue weighted by molar-refractivity contribution is 5.32. The summed E-state index contributed by atoms with van der Waals surface area (Å²) in [5, 5.41) is 3.40. The summed E-state index contributed by atoms with van der Waals surface area (Å²) in [6.07, 6.45) is 0.116. The monoisotopic (exact) mass is 237 g/mol. The summed E-state index contributed by atoms with van der Waals surface area (Å²) in [5.41, 5.74) is 4.04. The van der Waals surface area contributed by atoms with Gasteiger partial charge in [0, 0.05) is 27.3 Å². The molecule has 0 radical (unpaired) electrons. The van der Waals surface area contributed by atoms with Gasteiger partial charge in [-0.25, -0.2) is 0 Å². The van der Waals surface area contributed by atoms with Gasteiger partial charge in [-0.15, -0.1) is 0 Å². The van der Waals surface area contributed by atoms with Gasteiger partial charge in [0.2, 0.25) is 0 Å². The lowest BCUT2D eigenvalue weighted by Crippen LogP contribution is -2.31. The van der Waals surface area contributed by atoms with Crippen LogP contribution in [0.4, 0.5) is 0 Å². The number of hydrogen-bond acceptors (Lipinski definition) is 3. The summed E-state index contributed by atoms with van der Waals surface area (Å²) in [5.74, 6) is 0. The molecule has 0 fully saturated rings. The van der Waals surface area contributed by atoms with Crippen molar-refractivity contribution in [2.75, 3.05) is 27.4 Å². The molecule has 17 heavy (non-hydrogen) atoms. The second-order valence-corrected chi connectivity index (χ2v) is 4.30. The normalized spacial score (nSPS) is 12.7. The molecular formula is C14H23NO2. The predicted octanol–water partition coefficient (Wildman–Crippen LogP) is 2.05. The molecule has 0 saturated carbocycles. The highest BCUT2D eigenvalue weighted by Crippen LogP contribution is 2.12. The zero-order valence-electron chi connectivity index (χ0n) is 11.2. The molecule has 0 heterocycles. The molecule has 1 rings (SSSR count). The number of rotatable bonds is 7. The highest BCUT2D eigenvalue weighted by atomic mass is 16.5. The third kappa shape index (κ3) is 4.46. The predicted molar refractivity (Wildman–Crippen MR) is 70.3 cm³/mol. The van der Waals surface area contributed by atoms with Crippen LogP contribution in [0.2, 0.25) is 0 Å². The summed E-state index contributed by atoms with van der Waals surface area (Å²) in [6.45, 7) is 6.60. The van der Waals surface area contributed by atoms with E-state index in [1.54, 1.807) is 14.2 Å². The van der Waals surface area contributed by atoms with Crippen molar-refractivity contribution >= 4 is 0 Å². The highest BCUT2D eigenvalue weighted by Gasteiger charge is 2.06. The standard InChI is InChI=1S/C14H23NO2/c1-11-6-5-7-13(12(11)2)8-15-9-14(17-4)10-16-3/h5-7,14-15H,8-10H2,1-4H3. The molecule has 3 nitrogen and oxygen atoms in total. The van der Waals surface area contributed by atoms with Crippen LogP contribution in [0.15, 0.2) is 18.2 Å². The van der Waals surface area contributed by atoms with Crippen molar-refractivity contribution in [1.29, 1.82) is 0 Å². The first-order chi connectivity index (χ1) is 8.19. The Morgan fingerprint density at radius 2 is 2.00 bits per heavy atom. The average Bonchev–Trinajstić information content (AvgIpc) is 2.33. The summed E-state index contributed by atoms with van der Waals surface area (Å²) in [4.78, 5) is 0. The zero-order chi connectivity index (χ0) is 12.7. The second-order valence-electron chi connectivity index (χ2n) is 4.30. The summed E-state index contributed by atoms with van der Waals surface area (Å²) in [7, 11) is 3.40. The maximum atomic E-state index is 5.30. The molecule has 1 aromatic carbocycles. The first kappa shape index (κ1) is 14.2. The van der Waals surface area contributed by atoms with E-state index in [0.29, 0.717) is 6.61 Å². The van der Waals surface area contributed by atoms with Crippen LogP contribution < -0.4 is 5.32 Å². The molecule has 0 spiro atoms. The minimum absolute atomic E-state index is 0.116. The summed E-state index contributed by atoms with van der Waals surface area (Å²) in [6, 6.07) is 6.40. The van der Waals surface area contributed by atoms with Crippen molar-refractivity contribution in [3.63, 3.8) is 0 Å². The Bertz CT molecular complexity index is 339. The van der Waals surface area contributed by atoms with Gasteiger partial charge in [-0.2, -0.15) is 0 Å². The van der Waals surface area contributed by atoms with Gasteiger partial charge in [0.15, 0.2) is 0 Å². The van der Waals surface area contributed by atoms with Crippen molar-refractivity contribution in [3.05, 3.63) is 34.9 Å². The maximum Gasteiger partial charge on any atom is 0.0928 e. The van der Waals surface area contributed by atoms with Crippen LogP contribution in [0.5, 0.6) is 0 Å². The quantitative estimate of drug-likeness (QED) is 0.787. The van der Waals surface area contributed by atoms with Gasteiger partial charge in [-0.05, 0) is 30.5 Å². The SMILES string of the molecule is COCC(CNCc1cccc(C)c1C)OC. The smallest absolute Gasteiger partial charge is 0.0928 e. The number of aryl methyl sites for hydroxylation is 1. The lowest BCUT2D eigenvalue weighted by molar-refractivity contribution is 0.0288. The molecule has 0 amide bonds. The van der Waals surface area contributed by atoms with Crippen molar-refractivity contribution in [2.24, 2.45) is 0 Å². The number of ether oxygens (including phenoxy) is 2. The van der Waals surface area contributed by atoms with Crippen LogP contribution in [-0.4, -0.2) is 33.5 Å². The fourth-order valence-corrected chi connectivity index (χ4v) is 1.77. The van der Waals surface area contributed by atoms with Gasteiger partial charge in [0.25, 0.3) is 0 Å². The zero-order valence-corrected chi connectivity index (χ0v) is 11.2. The van der Waals surface area contributed by atoms with Crippen LogP contribution in [0.1, 0.15) is 16.7 Å². The molecular weight excluding hydrogens is 214 g/mol. The largest absolute Gasteiger partial charge is 0.382 e. The van der Waals surface area contributed by atoms with Crippen molar-refractivity contribution in [3.8, 4) is 0 Å². The van der Waals surface area contributed by atoms with E-state index in [-0.39, 0.29) is 6.10 Å². The van der Waals surface area contributed by atoms with Gasteiger partial charge in [0.05, 0.1) is 12.7 Å². The lowest BCUT2D eigenvalue weighted by atomic mass is 10.0. The van der Waals surface area contributed by atoms with Crippen LogP contribution in [0, 0.1) is 13.8 Å². The number of benzene rings is 1. The van der Waals surface area contributed by atoms with E-state index < -0.39 is 0 Å². The van der Waals surface area contributed by atoms with Crippen LogP contribution in [-0.2, 0) is 16.0 Å². The van der Waals surface area contributed by atoms with E-state index in [2.05, 4.69) is 37.4 Å².